The second-order valence-electron chi connectivity index (χ2n) is 4.87. The minimum atomic E-state index is -1.21. The van der Waals surface area contributed by atoms with E-state index in [2.05, 4.69) is 0 Å². The maximum absolute atomic E-state index is 12.4. The van der Waals surface area contributed by atoms with Crippen molar-refractivity contribution in [2.75, 3.05) is 4.90 Å². The standard InChI is InChI=1S/C16H9NO6/c18-13-11-5-4-9(16(22)23)7-12(11)14(19)17(13)10-3-1-2-8(6-10)15(20)21/h1-7H,(H,20,21)(H,22,23). The zero-order valence-electron chi connectivity index (χ0n) is 11.5. The summed E-state index contributed by atoms with van der Waals surface area (Å²) in [5.74, 6) is -3.70. The molecule has 0 radical (unpaired) electrons. The van der Waals surface area contributed by atoms with Crippen LogP contribution in [0.4, 0.5) is 5.69 Å². The molecule has 114 valence electrons. The molecule has 0 aromatic heterocycles. The fourth-order valence-electron chi connectivity index (χ4n) is 2.39. The normalized spacial score (nSPS) is 13.1. The summed E-state index contributed by atoms with van der Waals surface area (Å²) in [5.41, 5.74) is 0.0145. The lowest BCUT2D eigenvalue weighted by Gasteiger charge is -2.14. The molecule has 0 saturated carbocycles. The lowest BCUT2D eigenvalue weighted by atomic mass is 10.1. The van der Waals surface area contributed by atoms with Crippen molar-refractivity contribution in [2.45, 2.75) is 0 Å². The van der Waals surface area contributed by atoms with Crippen LogP contribution in [0.15, 0.2) is 42.5 Å². The van der Waals surface area contributed by atoms with Crippen LogP contribution in [0.1, 0.15) is 41.4 Å². The highest BCUT2D eigenvalue weighted by Crippen LogP contribution is 2.29. The van der Waals surface area contributed by atoms with E-state index in [-0.39, 0.29) is 27.9 Å². The smallest absolute Gasteiger partial charge is 0.335 e. The first kappa shape index (κ1) is 14.5. The number of carboxylic acids is 2. The number of carboxylic acid groups (broad SMARTS) is 2. The van der Waals surface area contributed by atoms with Crippen molar-refractivity contribution in [3.05, 3.63) is 64.7 Å². The van der Waals surface area contributed by atoms with Gasteiger partial charge in [-0.2, -0.15) is 0 Å². The van der Waals surface area contributed by atoms with E-state index in [4.69, 9.17) is 10.2 Å². The van der Waals surface area contributed by atoms with Gasteiger partial charge < -0.3 is 10.2 Å². The molecule has 2 amide bonds. The van der Waals surface area contributed by atoms with Crippen molar-refractivity contribution in [1.29, 1.82) is 0 Å². The summed E-state index contributed by atoms with van der Waals surface area (Å²) >= 11 is 0. The number of hydrogen-bond acceptors (Lipinski definition) is 4. The third kappa shape index (κ3) is 2.24. The Kier molecular flexibility index (Phi) is 3.18. The SMILES string of the molecule is O=C(O)c1cccc(N2C(=O)c3ccc(C(=O)O)cc3C2=O)c1. The van der Waals surface area contributed by atoms with Crippen LogP contribution in [-0.4, -0.2) is 34.0 Å². The quantitative estimate of drug-likeness (QED) is 0.837. The van der Waals surface area contributed by atoms with Gasteiger partial charge in [0.25, 0.3) is 11.8 Å². The summed E-state index contributed by atoms with van der Waals surface area (Å²) in [5, 5.41) is 18.0. The van der Waals surface area contributed by atoms with Crippen molar-refractivity contribution >= 4 is 29.4 Å². The van der Waals surface area contributed by atoms with Gasteiger partial charge >= 0.3 is 11.9 Å². The van der Waals surface area contributed by atoms with Crippen LogP contribution in [0.2, 0.25) is 0 Å². The van der Waals surface area contributed by atoms with Gasteiger partial charge in [-0.1, -0.05) is 6.07 Å². The van der Waals surface area contributed by atoms with Gasteiger partial charge in [-0.3, -0.25) is 9.59 Å². The Balaban J connectivity index is 2.08. The molecule has 0 fully saturated rings. The predicted molar refractivity (Wildman–Crippen MR) is 77.9 cm³/mol. The Labute approximate surface area is 129 Å². The van der Waals surface area contributed by atoms with Crippen LogP contribution in [0.5, 0.6) is 0 Å². The maximum Gasteiger partial charge on any atom is 0.335 e. The molecule has 0 atom stereocenters. The van der Waals surface area contributed by atoms with Crippen LogP contribution in [0, 0.1) is 0 Å². The van der Waals surface area contributed by atoms with Crippen molar-refractivity contribution in [3.8, 4) is 0 Å². The van der Waals surface area contributed by atoms with Gasteiger partial charge in [0.15, 0.2) is 0 Å². The minimum Gasteiger partial charge on any atom is -0.478 e. The zero-order chi connectivity index (χ0) is 16.7. The first-order valence-corrected chi connectivity index (χ1v) is 6.49. The molecule has 23 heavy (non-hydrogen) atoms. The van der Waals surface area contributed by atoms with Crippen LogP contribution in [0.3, 0.4) is 0 Å². The fraction of sp³-hybridized carbons (Fsp3) is 0. The summed E-state index contributed by atoms with van der Waals surface area (Å²) in [6.07, 6.45) is 0. The molecular weight excluding hydrogens is 302 g/mol. The molecule has 0 aliphatic carbocycles. The van der Waals surface area contributed by atoms with Crippen LogP contribution in [-0.2, 0) is 0 Å². The number of amides is 2. The van der Waals surface area contributed by atoms with Crippen molar-refractivity contribution in [3.63, 3.8) is 0 Å². The lowest BCUT2D eigenvalue weighted by Crippen LogP contribution is -2.29. The van der Waals surface area contributed by atoms with E-state index in [1.807, 2.05) is 0 Å². The molecule has 1 heterocycles. The Morgan fingerprint density at radius 2 is 1.39 bits per heavy atom. The summed E-state index contributed by atoms with van der Waals surface area (Å²) in [6, 6.07) is 9.06. The number of carbonyl (C=O) groups is 4. The Bertz CT molecular complexity index is 886. The number of rotatable bonds is 3. The minimum absolute atomic E-state index is 0.0179. The number of hydrogen-bond donors (Lipinski definition) is 2. The maximum atomic E-state index is 12.4. The number of anilines is 1. The van der Waals surface area contributed by atoms with E-state index in [0.717, 1.165) is 11.0 Å². The fourth-order valence-corrected chi connectivity index (χ4v) is 2.39. The Morgan fingerprint density at radius 3 is 2.04 bits per heavy atom. The average Bonchev–Trinajstić information content (AvgIpc) is 2.78. The molecule has 2 aromatic carbocycles. The third-order valence-electron chi connectivity index (χ3n) is 3.48. The van der Waals surface area contributed by atoms with E-state index < -0.39 is 23.8 Å². The van der Waals surface area contributed by atoms with Gasteiger partial charge in [0.05, 0.1) is 27.9 Å². The summed E-state index contributed by atoms with van der Waals surface area (Å²) in [6.45, 7) is 0. The monoisotopic (exact) mass is 311 g/mol. The Hall–Kier alpha value is -3.48. The van der Waals surface area contributed by atoms with Gasteiger partial charge in [0, 0.05) is 0 Å². The number of fused-ring (bicyclic) bond motifs is 1. The molecular formula is C16H9NO6. The van der Waals surface area contributed by atoms with E-state index in [1.54, 1.807) is 0 Å². The van der Waals surface area contributed by atoms with E-state index in [1.165, 1.54) is 36.4 Å². The number of nitrogens with zero attached hydrogens (tertiary/aromatic N) is 1. The van der Waals surface area contributed by atoms with Crippen LogP contribution in [0.25, 0.3) is 0 Å². The molecule has 1 aliphatic rings. The van der Waals surface area contributed by atoms with Crippen molar-refractivity contribution in [2.24, 2.45) is 0 Å². The summed E-state index contributed by atoms with van der Waals surface area (Å²) < 4.78 is 0. The van der Waals surface area contributed by atoms with Gasteiger partial charge in [-0.15, -0.1) is 0 Å². The molecule has 0 spiro atoms. The molecule has 7 heteroatoms. The van der Waals surface area contributed by atoms with Gasteiger partial charge in [-0.25, -0.2) is 14.5 Å². The molecule has 7 nitrogen and oxygen atoms in total. The first-order valence-electron chi connectivity index (χ1n) is 6.49. The predicted octanol–water partition coefficient (Wildman–Crippen LogP) is 1.88. The highest BCUT2D eigenvalue weighted by atomic mass is 16.4. The molecule has 3 rings (SSSR count). The first-order chi connectivity index (χ1) is 10.9. The van der Waals surface area contributed by atoms with E-state index in [9.17, 15) is 19.2 Å². The number of carbonyl (C=O) groups excluding carboxylic acids is 2. The molecule has 0 unspecified atom stereocenters. The van der Waals surface area contributed by atoms with E-state index in [0.29, 0.717) is 0 Å². The lowest BCUT2D eigenvalue weighted by molar-refractivity contribution is 0.0686. The second kappa shape index (κ2) is 5.06. The second-order valence-corrected chi connectivity index (χ2v) is 4.87. The number of imide groups is 1. The van der Waals surface area contributed by atoms with Gasteiger partial charge in [-0.05, 0) is 36.4 Å². The summed E-state index contributed by atoms with van der Waals surface area (Å²) in [7, 11) is 0. The highest BCUT2D eigenvalue weighted by molar-refractivity contribution is 6.34. The Morgan fingerprint density at radius 1 is 0.783 bits per heavy atom. The highest BCUT2D eigenvalue weighted by Gasteiger charge is 2.37. The van der Waals surface area contributed by atoms with Crippen molar-refractivity contribution < 1.29 is 29.4 Å². The molecule has 2 N–H and O–H groups in total. The van der Waals surface area contributed by atoms with Crippen LogP contribution < -0.4 is 4.90 Å². The third-order valence-corrected chi connectivity index (χ3v) is 3.48. The van der Waals surface area contributed by atoms with Crippen LogP contribution >= 0.6 is 0 Å². The van der Waals surface area contributed by atoms with Crippen molar-refractivity contribution in [1.82, 2.24) is 0 Å². The molecule has 2 aromatic rings. The molecule has 0 bridgehead atoms. The topological polar surface area (TPSA) is 112 Å². The molecule has 1 aliphatic heterocycles. The average molecular weight is 311 g/mol. The molecule has 0 saturated heterocycles. The zero-order valence-corrected chi connectivity index (χ0v) is 11.5. The van der Waals surface area contributed by atoms with Gasteiger partial charge in [0.1, 0.15) is 0 Å². The summed E-state index contributed by atoms with van der Waals surface area (Å²) in [4.78, 5) is 47.6. The van der Waals surface area contributed by atoms with Gasteiger partial charge in [0.2, 0.25) is 0 Å². The number of aromatic carboxylic acids is 2. The largest absolute Gasteiger partial charge is 0.478 e. The van der Waals surface area contributed by atoms with E-state index >= 15 is 0 Å². The number of benzene rings is 2.